The second kappa shape index (κ2) is 4.87. The first-order chi connectivity index (χ1) is 8.55. The van der Waals surface area contributed by atoms with Gasteiger partial charge < -0.3 is 18.6 Å². The molecule has 98 valence electrons. The second-order valence-electron chi connectivity index (χ2n) is 3.82. The van der Waals surface area contributed by atoms with Crippen molar-refractivity contribution in [1.82, 2.24) is 4.98 Å². The number of hydrogen-bond acceptors (Lipinski definition) is 5. The van der Waals surface area contributed by atoms with E-state index in [2.05, 4.69) is 20.9 Å². The number of rotatable bonds is 4. The van der Waals surface area contributed by atoms with E-state index in [1.54, 1.807) is 34.4 Å². The first-order valence-electron chi connectivity index (χ1n) is 5.28. The molecule has 0 bridgehead atoms. The van der Waals surface area contributed by atoms with Crippen LogP contribution in [0.4, 0.5) is 0 Å². The highest BCUT2D eigenvalue weighted by molar-refractivity contribution is 9.10. The summed E-state index contributed by atoms with van der Waals surface area (Å²) in [7, 11) is 4.66. The van der Waals surface area contributed by atoms with E-state index in [9.17, 15) is 0 Å². The third kappa shape index (κ3) is 2.00. The highest BCUT2D eigenvalue weighted by Crippen LogP contribution is 2.37. The molecule has 2 rings (SSSR count). The maximum absolute atomic E-state index is 5.75. The van der Waals surface area contributed by atoms with Crippen LogP contribution in [0.25, 0.3) is 11.0 Å². The molecule has 0 amide bonds. The van der Waals surface area contributed by atoms with Crippen molar-refractivity contribution >= 4 is 26.9 Å². The van der Waals surface area contributed by atoms with Crippen LogP contribution in [0, 0.1) is 0 Å². The van der Waals surface area contributed by atoms with Crippen LogP contribution in [0.5, 0.6) is 5.88 Å². The van der Waals surface area contributed by atoms with Crippen LogP contribution < -0.4 is 4.74 Å². The van der Waals surface area contributed by atoms with Crippen LogP contribution in [0.15, 0.2) is 21.2 Å². The van der Waals surface area contributed by atoms with E-state index < -0.39 is 5.79 Å². The Hall–Kier alpha value is -1.11. The van der Waals surface area contributed by atoms with Crippen molar-refractivity contribution in [2.24, 2.45) is 0 Å². The monoisotopic (exact) mass is 315 g/mol. The third-order valence-corrected chi connectivity index (χ3v) is 3.53. The summed E-state index contributed by atoms with van der Waals surface area (Å²) in [5.74, 6) is 0.0345. The normalized spacial score (nSPS) is 12.1. The van der Waals surface area contributed by atoms with Gasteiger partial charge in [-0.1, -0.05) is 0 Å². The van der Waals surface area contributed by atoms with E-state index in [0.29, 0.717) is 17.2 Å². The van der Waals surface area contributed by atoms with Gasteiger partial charge in [0.2, 0.25) is 5.79 Å². The predicted molar refractivity (Wildman–Crippen MR) is 69.6 cm³/mol. The minimum absolute atomic E-state index is 0.425. The highest BCUT2D eigenvalue weighted by Gasteiger charge is 2.31. The lowest BCUT2D eigenvalue weighted by atomic mass is 10.2. The van der Waals surface area contributed by atoms with E-state index in [1.165, 1.54) is 0 Å². The molecule has 0 N–H and O–H groups in total. The van der Waals surface area contributed by atoms with E-state index in [0.717, 1.165) is 9.86 Å². The van der Waals surface area contributed by atoms with Gasteiger partial charge >= 0.3 is 0 Å². The van der Waals surface area contributed by atoms with Crippen molar-refractivity contribution in [2.75, 3.05) is 21.3 Å². The molecule has 0 saturated carbocycles. The lowest BCUT2D eigenvalue weighted by Crippen LogP contribution is -2.25. The maximum Gasteiger partial charge on any atom is 0.258 e. The van der Waals surface area contributed by atoms with Crippen molar-refractivity contribution in [2.45, 2.75) is 12.7 Å². The average molecular weight is 316 g/mol. The Morgan fingerprint density at radius 1 is 1.28 bits per heavy atom. The molecule has 2 aromatic heterocycles. The van der Waals surface area contributed by atoms with Crippen molar-refractivity contribution in [3.05, 3.63) is 22.5 Å². The number of furan rings is 1. The molecule has 2 heterocycles. The summed E-state index contributed by atoms with van der Waals surface area (Å²) in [6.45, 7) is 1.78. The third-order valence-electron chi connectivity index (χ3n) is 2.90. The fourth-order valence-electron chi connectivity index (χ4n) is 1.62. The van der Waals surface area contributed by atoms with Gasteiger partial charge in [0.15, 0.2) is 11.3 Å². The second-order valence-corrected chi connectivity index (χ2v) is 4.68. The molecule has 0 atom stereocenters. The number of hydrogen-bond donors (Lipinski definition) is 0. The fourth-order valence-corrected chi connectivity index (χ4v) is 2.02. The van der Waals surface area contributed by atoms with Gasteiger partial charge in [0.25, 0.3) is 5.88 Å². The zero-order valence-electron chi connectivity index (χ0n) is 10.6. The number of ether oxygens (including phenoxy) is 3. The Morgan fingerprint density at radius 3 is 2.50 bits per heavy atom. The molecule has 6 heteroatoms. The fraction of sp³-hybridized carbons (Fsp3) is 0.417. The standard InChI is InChI=1S/C12H14BrNO4/c1-12(16-3,17-4)9-5-7-8(13)6-14-11(15-2)10(7)18-9/h5-6H,1-4H3. The van der Waals surface area contributed by atoms with E-state index in [-0.39, 0.29) is 0 Å². The van der Waals surface area contributed by atoms with Crippen LogP contribution in [0.2, 0.25) is 0 Å². The molecule has 0 saturated heterocycles. The lowest BCUT2D eigenvalue weighted by molar-refractivity contribution is -0.212. The summed E-state index contributed by atoms with van der Waals surface area (Å²) in [6.07, 6.45) is 1.66. The Bertz CT molecular complexity index is 562. The van der Waals surface area contributed by atoms with Crippen LogP contribution in [-0.2, 0) is 15.3 Å². The lowest BCUT2D eigenvalue weighted by Gasteiger charge is -2.23. The van der Waals surface area contributed by atoms with E-state index in [1.807, 2.05) is 6.07 Å². The van der Waals surface area contributed by atoms with Gasteiger partial charge in [-0.25, -0.2) is 4.98 Å². The molecule has 0 unspecified atom stereocenters. The molecule has 0 aliphatic rings. The quantitative estimate of drug-likeness (QED) is 0.812. The predicted octanol–water partition coefficient (Wildman–Crippen LogP) is 3.06. The molecule has 0 radical (unpaired) electrons. The highest BCUT2D eigenvalue weighted by atomic mass is 79.9. The summed E-state index contributed by atoms with van der Waals surface area (Å²) < 4.78 is 22.4. The molecule has 0 aliphatic heterocycles. The van der Waals surface area contributed by atoms with Crippen LogP contribution >= 0.6 is 15.9 Å². The Labute approximate surface area is 113 Å². The topological polar surface area (TPSA) is 53.7 Å². The average Bonchev–Trinajstić information content (AvgIpc) is 2.85. The largest absolute Gasteiger partial charge is 0.478 e. The summed E-state index contributed by atoms with van der Waals surface area (Å²) in [4.78, 5) is 4.13. The van der Waals surface area contributed by atoms with Gasteiger partial charge in [0.05, 0.1) is 7.11 Å². The molecule has 5 nitrogen and oxygen atoms in total. The summed E-state index contributed by atoms with van der Waals surface area (Å²) in [5.41, 5.74) is 0.558. The molecule has 2 aromatic rings. The van der Waals surface area contributed by atoms with Crippen LogP contribution in [0.1, 0.15) is 12.7 Å². The molecular formula is C12H14BrNO4. The van der Waals surface area contributed by atoms with Crippen LogP contribution in [0.3, 0.4) is 0 Å². The first-order valence-corrected chi connectivity index (χ1v) is 6.08. The molecule has 0 spiro atoms. The number of nitrogens with zero attached hydrogens (tertiary/aromatic N) is 1. The summed E-state index contributed by atoms with van der Waals surface area (Å²) in [6, 6.07) is 1.84. The van der Waals surface area contributed by atoms with Gasteiger partial charge in [0, 0.05) is 30.3 Å². The minimum atomic E-state index is -0.941. The van der Waals surface area contributed by atoms with Gasteiger partial charge in [-0.15, -0.1) is 0 Å². The number of pyridine rings is 1. The van der Waals surface area contributed by atoms with Gasteiger partial charge in [-0.2, -0.15) is 0 Å². The Morgan fingerprint density at radius 2 is 1.94 bits per heavy atom. The molecular weight excluding hydrogens is 302 g/mol. The summed E-state index contributed by atoms with van der Waals surface area (Å²) in [5, 5.41) is 0.858. The SMILES string of the molecule is COc1ncc(Br)c2cc(C(C)(OC)OC)oc12. The zero-order valence-corrected chi connectivity index (χ0v) is 12.2. The van der Waals surface area contributed by atoms with Crippen LogP contribution in [-0.4, -0.2) is 26.3 Å². The summed E-state index contributed by atoms with van der Waals surface area (Å²) >= 11 is 3.42. The first kappa shape index (κ1) is 13.3. The number of halogens is 1. The molecule has 0 aromatic carbocycles. The number of methoxy groups -OCH3 is 3. The van der Waals surface area contributed by atoms with Crippen molar-refractivity contribution in [3.63, 3.8) is 0 Å². The van der Waals surface area contributed by atoms with Crippen molar-refractivity contribution < 1.29 is 18.6 Å². The van der Waals surface area contributed by atoms with Gasteiger partial charge in [-0.3, -0.25) is 0 Å². The molecule has 18 heavy (non-hydrogen) atoms. The zero-order chi connectivity index (χ0) is 13.3. The van der Waals surface area contributed by atoms with E-state index >= 15 is 0 Å². The van der Waals surface area contributed by atoms with Crippen molar-refractivity contribution in [3.8, 4) is 5.88 Å². The molecule has 0 fully saturated rings. The van der Waals surface area contributed by atoms with Crippen molar-refractivity contribution in [1.29, 1.82) is 0 Å². The number of fused-ring (bicyclic) bond motifs is 1. The Balaban J connectivity index is 2.66. The maximum atomic E-state index is 5.75. The number of aromatic nitrogens is 1. The molecule has 0 aliphatic carbocycles. The smallest absolute Gasteiger partial charge is 0.258 e. The minimum Gasteiger partial charge on any atom is -0.478 e. The van der Waals surface area contributed by atoms with Gasteiger partial charge in [-0.05, 0) is 28.9 Å². The Kier molecular flexibility index (Phi) is 3.61. The van der Waals surface area contributed by atoms with Gasteiger partial charge in [0.1, 0.15) is 0 Å². The van der Waals surface area contributed by atoms with E-state index in [4.69, 9.17) is 18.6 Å².